The lowest BCUT2D eigenvalue weighted by Crippen LogP contribution is -2.05. The Kier molecular flexibility index (Phi) is 2.59. The zero-order valence-electron chi connectivity index (χ0n) is 9.64. The van der Waals surface area contributed by atoms with Gasteiger partial charge in [-0.2, -0.15) is 5.10 Å². The number of rotatable bonds is 2. The molecule has 0 amide bonds. The summed E-state index contributed by atoms with van der Waals surface area (Å²) in [5, 5.41) is 13.2. The summed E-state index contributed by atoms with van der Waals surface area (Å²) in [7, 11) is 0. The Bertz CT molecular complexity index is 587. The third kappa shape index (κ3) is 1.99. The monoisotopic (exact) mass is 231 g/mol. The lowest BCUT2D eigenvalue weighted by Gasteiger charge is -2.07. The van der Waals surface area contributed by atoms with Gasteiger partial charge in [0, 0.05) is 11.4 Å². The second-order valence-electron chi connectivity index (χ2n) is 3.92. The first-order valence-electron chi connectivity index (χ1n) is 5.15. The van der Waals surface area contributed by atoms with Gasteiger partial charge in [-0.05, 0) is 38.1 Å². The number of carbonyl (C=O) groups is 1. The lowest BCUT2D eigenvalue weighted by molar-refractivity contribution is 0.0698. The molecule has 0 saturated carbocycles. The highest BCUT2D eigenvalue weighted by Crippen LogP contribution is 2.18. The zero-order valence-corrected chi connectivity index (χ0v) is 9.64. The highest BCUT2D eigenvalue weighted by atomic mass is 16.4. The van der Waals surface area contributed by atoms with E-state index in [1.165, 1.54) is 6.07 Å². The number of nitrogen functional groups attached to an aromatic ring is 1. The Morgan fingerprint density at radius 3 is 2.53 bits per heavy atom. The van der Waals surface area contributed by atoms with Crippen LogP contribution < -0.4 is 5.73 Å². The lowest BCUT2D eigenvalue weighted by atomic mass is 10.1. The van der Waals surface area contributed by atoms with Crippen molar-refractivity contribution in [2.24, 2.45) is 0 Å². The largest absolute Gasteiger partial charge is 0.478 e. The van der Waals surface area contributed by atoms with E-state index < -0.39 is 5.97 Å². The van der Waals surface area contributed by atoms with Crippen LogP contribution >= 0.6 is 0 Å². The summed E-state index contributed by atoms with van der Waals surface area (Å²) in [5.41, 5.74) is 8.68. The average molecular weight is 231 g/mol. The molecule has 0 unspecified atom stereocenters. The molecule has 0 aliphatic rings. The van der Waals surface area contributed by atoms with Gasteiger partial charge in [0.05, 0.1) is 16.9 Å². The van der Waals surface area contributed by atoms with Crippen LogP contribution in [0, 0.1) is 13.8 Å². The van der Waals surface area contributed by atoms with Gasteiger partial charge in [0.25, 0.3) is 0 Å². The molecule has 0 spiro atoms. The predicted molar refractivity (Wildman–Crippen MR) is 64.4 cm³/mol. The highest BCUT2D eigenvalue weighted by Gasteiger charge is 2.10. The van der Waals surface area contributed by atoms with Crippen LogP contribution in [0.4, 0.5) is 5.69 Å². The minimum absolute atomic E-state index is 0.107. The van der Waals surface area contributed by atoms with Crippen molar-refractivity contribution in [3.05, 3.63) is 41.2 Å². The Balaban J connectivity index is 2.51. The van der Waals surface area contributed by atoms with E-state index in [1.54, 1.807) is 16.8 Å². The predicted octanol–water partition coefficient (Wildman–Crippen LogP) is 1.77. The number of carboxylic acid groups (broad SMARTS) is 1. The normalized spacial score (nSPS) is 10.5. The van der Waals surface area contributed by atoms with Crippen LogP contribution in [0.2, 0.25) is 0 Å². The van der Waals surface area contributed by atoms with Gasteiger partial charge in [-0.1, -0.05) is 0 Å². The van der Waals surface area contributed by atoms with E-state index >= 15 is 0 Å². The van der Waals surface area contributed by atoms with Crippen molar-refractivity contribution < 1.29 is 9.90 Å². The van der Waals surface area contributed by atoms with Gasteiger partial charge < -0.3 is 10.8 Å². The van der Waals surface area contributed by atoms with E-state index in [2.05, 4.69) is 5.10 Å². The smallest absolute Gasteiger partial charge is 0.337 e. The minimum Gasteiger partial charge on any atom is -0.478 e. The van der Waals surface area contributed by atoms with E-state index in [1.807, 2.05) is 19.9 Å². The van der Waals surface area contributed by atoms with E-state index in [0.717, 1.165) is 17.1 Å². The summed E-state index contributed by atoms with van der Waals surface area (Å²) in [6.07, 6.45) is 0. The zero-order chi connectivity index (χ0) is 12.6. The molecule has 17 heavy (non-hydrogen) atoms. The summed E-state index contributed by atoms with van der Waals surface area (Å²) in [4.78, 5) is 10.8. The molecule has 2 rings (SSSR count). The molecule has 0 saturated heterocycles. The number of anilines is 1. The topological polar surface area (TPSA) is 81.1 Å². The van der Waals surface area contributed by atoms with Crippen molar-refractivity contribution in [1.29, 1.82) is 0 Å². The molecule has 0 bridgehead atoms. The van der Waals surface area contributed by atoms with Crippen molar-refractivity contribution in [2.45, 2.75) is 13.8 Å². The Hall–Kier alpha value is -2.30. The Morgan fingerprint density at radius 1 is 1.35 bits per heavy atom. The van der Waals surface area contributed by atoms with E-state index in [9.17, 15) is 4.79 Å². The van der Waals surface area contributed by atoms with E-state index in [4.69, 9.17) is 10.8 Å². The molecular formula is C12H13N3O2. The van der Waals surface area contributed by atoms with Gasteiger partial charge in [0.15, 0.2) is 0 Å². The van der Waals surface area contributed by atoms with Crippen LogP contribution in [0.5, 0.6) is 0 Å². The number of aromatic nitrogens is 2. The molecule has 1 aromatic heterocycles. The molecule has 0 radical (unpaired) electrons. The van der Waals surface area contributed by atoms with Crippen molar-refractivity contribution in [1.82, 2.24) is 9.78 Å². The van der Waals surface area contributed by atoms with Gasteiger partial charge in [-0.3, -0.25) is 0 Å². The average Bonchev–Trinajstić information content (AvgIpc) is 2.57. The number of nitrogens with zero attached hydrogens (tertiary/aromatic N) is 2. The second kappa shape index (κ2) is 3.93. The maximum Gasteiger partial charge on any atom is 0.337 e. The first-order chi connectivity index (χ1) is 7.99. The van der Waals surface area contributed by atoms with Gasteiger partial charge in [-0.15, -0.1) is 0 Å². The Morgan fingerprint density at radius 2 is 2.06 bits per heavy atom. The SMILES string of the molecule is Cc1cc(C)n(-c2ccc(C(=O)O)c(N)c2)n1. The number of carboxylic acids is 1. The van der Waals surface area contributed by atoms with Crippen LogP contribution in [0.25, 0.3) is 5.69 Å². The minimum atomic E-state index is -1.03. The van der Waals surface area contributed by atoms with Crippen LogP contribution in [-0.4, -0.2) is 20.9 Å². The third-order valence-corrected chi connectivity index (χ3v) is 2.52. The quantitative estimate of drug-likeness (QED) is 0.772. The van der Waals surface area contributed by atoms with Gasteiger partial charge in [0.1, 0.15) is 0 Å². The van der Waals surface area contributed by atoms with Crippen LogP contribution in [0.3, 0.4) is 0 Å². The fourth-order valence-corrected chi connectivity index (χ4v) is 1.77. The highest BCUT2D eigenvalue weighted by molar-refractivity contribution is 5.94. The molecule has 0 fully saturated rings. The second-order valence-corrected chi connectivity index (χ2v) is 3.92. The fraction of sp³-hybridized carbons (Fsp3) is 0.167. The summed E-state index contributed by atoms with van der Waals surface area (Å²) in [6, 6.07) is 6.74. The van der Waals surface area contributed by atoms with Gasteiger partial charge in [-0.25, -0.2) is 9.48 Å². The first-order valence-corrected chi connectivity index (χ1v) is 5.15. The molecule has 1 heterocycles. The summed E-state index contributed by atoms with van der Waals surface area (Å²) in [5.74, 6) is -1.03. The molecule has 0 aliphatic heterocycles. The number of aromatic carboxylic acids is 1. The van der Waals surface area contributed by atoms with Crippen LogP contribution in [-0.2, 0) is 0 Å². The van der Waals surface area contributed by atoms with E-state index in [0.29, 0.717) is 0 Å². The molecule has 0 aliphatic carbocycles. The number of benzene rings is 1. The maximum absolute atomic E-state index is 10.8. The molecule has 5 nitrogen and oxygen atoms in total. The van der Waals surface area contributed by atoms with E-state index in [-0.39, 0.29) is 11.3 Å². The summed E-state index contributed by atoms with van der Waals surface area (Å²) < 4.78 is 1.73. The summed E-state index contributed by atoms with van der Waals surface area (Å²) >= 11 is 0. The van der Waals surface area contributed by atoms with Crippen molar-refractivity contribution >= 4 is 11.7 Å². The molecular weight excluding hydrogens is 218 g/mol. The first kappa shape index (κ1) is 11.2. The Labute approximate surface area is 98.5 Å². The number of hydrogen-bond donors (Lipinski definition) is 2. The molecule has 3 N–H and O–H groups in total. The number of hydrogen-bond acceptors (Lipinski definition) is 3. The van der Waals surface area contributed by atoms with Crippen LogP contribution in [0.15, 0.2) is 24.3 Å². The van der Waals surface area contributed by atoms with Crippen LogP contribution in [0.1, 0.15) is 21.7 Å². The summed E-state index contributed by atoms with van der Waals surface area (Å²) in [6.45, 7) is 3.83. The number of aryl methyl sites for hydroxylation is 2. The standard InChI is InChI=1S/C12H13N3O2/c1-7-5-8(2)15(14-7)9-3-4-10(12(16)17)11(13)6-9/h3-6H,13H2,1-2H3,(H,16,17). The van der Waals surface area contributed by atoms with Gasteiger partial charge >= 0.3 is 5.97 Å². The third-order valence-electron chi connectivity index (χ3n) is 2.52. The molecule has 0 atom stereocenters. The fourth-order valence-electron chi connectivity index (χ4n) is 1.77. The molecule has 88 valence electrons. The van der Waals surface area contributed by atoms with Crippen molar-refractivity contribution in [2.75, 3.05) is 5.73 Å². The number of nitrogens with two attached hydrogens (primary N) is 1. The molecule has 1 aromatic carbocycles. The van der Waals surface area contributed by atoms with Crippen molar-refractivity contribution in [3.63, 3.8) is 0 Å². The molecule has 5 heteroatoms. The van der Waals surface area contributed by atoms with Gasteiger partial charge in [0.2, 0.25) is 0 Å². The maximum atomic E-state index is 10.8. The van der Waals surface area contributed by atoms with Crippen molar-refractivity contribution in [3.8, 4) is 5.69 Å². The molecule has 2 aromatic rings.